The molecule has 0 radical (unpaired) electrons. The average Bonchev–Trinajstić information content (AvgIpc) is 2.09. The van der Waals surface area contributed by atoms with Crippen LogP contribution in [0.2, 0.25) is 0 Å². The summed E-state index contributed by atoms with van der Waals surface area (Å²) in [6.07, 6.45) is 0.572. The van der Waals surface area contributed by atoms with E-state index in [2.05, 4.69) is 22.6 Å². The summed E-state index contributed by atoms with van der Waals surface area (Å²) < 4.78 is 1.11. The molecule has 1 aromatic carbocycles. The van der Waals surface area contributed by atoms with Crippen molar-refractivity contribution in [3.05, 3.63) is 33.4 Å². The maximum atomic E-state index is 10.7. The number of carbonyl (C=O) groups is 1. The lowest BCUT2D eigenvalue weighted by molar-refractivity contribution is -0.308. The molecule has 0 amide bonds. The molecule has 0 aromatic heterocycles. The summed E-state index contributed by atoms with van der Waals surface area (Å²) in [4.78, 5) is 10.7. The second kappa shape index (κ2) is 4.60. The Morgan fingerprint density at radius 2 is 2.00 bits per heavy atom. The van der Waals surface area contributed by atoms with Crippen LogP contribution in [0.25, 0.3) is 0 Å². The van der Waals surface area contributed by atoms with E-state index in [0.717, 1.165) is 9.13 Å². The van der Waals surface area contributed by atoms with Gasteiger partial charge in [-0.25, -0.2) is 0 Å². The van der Waals surface area contributed by atoms with Crippen molar-refractivity contribution in [2.45, 2.75) is 19.3 Å². The van der Waals surface area contributed by atoms with Gasteiger partial charge in [0.15, 0.2) is 0 Å². The average molecular weight is 289 g/mol. The van der Waals surface area contributed by atoms with E-state index in [1.807, 2.05) is 31.2 Å². The van der Waals surface area contributed by atoms with E-state index in [0.29, 0.717) is 6.42 Å². The van der Waals surface area contributed by atoms with E-state index >= 15 is 0 Å². The zero-order valence-electron chi connectivity index (χ0n) is 7.29. The molecule has 3 heteroatoms. The molecule has 0 spiro atoms. The van der Waals surface area contributed by atoms with Gasteiger partial charge in [-0.15, -0.1) is 0 Å². The van der Waals surface area contributed by atoms with Crippen LogP contribution in [0.15, 0.2) is 24.3 Å². The van der Waals surface area contributed by atoms with Crippen LogP contribution in [-0.2, 0) is 4.79 Å². The molecule has 0 bridgehead atoms. The van der Waals surface area contributed by atoms with Crippen molar-refractivity contribution in [1.82, 2.24) is 0 Å². The van der Waals surface area contributed by atoms with Crippen LogP contribution in [0.1, 0.15) is 24.8 Å². The molecule has 2 nitrogen and oxygen atoms in total. The van der Waals surface area contributed by atoms with Crippen LogP contribution in [0, 0.1) is 3.57 Å². The summed E-state index contributed by atoms with van der Waals surface area (Å²) in [5.74, 6) is -1.47. The number of rotatable bonds is 3. The van der Waals surface area contributed by atoms with Crippen LogP contribution in [0.4, 0.5) is 0 Å². The van der Waals surface area contributed by atoms with Gasteiger partial charge in [0, 0.05) is 15.5 Å². The molecule has 1 aromatic rings. The first-order valence-electron chi connectivity index (χ1n) is 4.11. The number of hydrogen-bond donors (Lipinski definition) is 0. The number of carbonyl (C=O) groups excluding carboxylic acids is 1. The van der Waals surface area contributed by atoms with Gasteiger partial charge in [-0.2, -0.15) is 0 Å². The van der Waals surface area contributed by atoms with E-state index < -0.39 is 11.9 Å². The lowest BCUT2D eigenvalue weighted by Gasteiger charge is -2.15. The first kappa shape index (κ1) is 10.5. The molecule has 0 fully saturated rings. The minimum atomic E-state index is -0.997. The van der Waals surface area contributed by atoms with Crippen LogP contribution in [0.5, 0.6) is 0 Å². The summed E-state index contributed by atoms with van der Waals surface area (Å²) in [6.45, 7) is 1.85. The molecule has 1 rings (SSSR count). The van der Waals surface area contributed by atoms with Crippen molar-refractivity contribution < 1.29 is 9.90 Å². The van der Waals surface area contributed by atoms with Crippen molar-refractivity contribution in [2.24, 2.45) is 0 Å². The molecule has 0 heterocycles. The zero-order chi connectivity index (χ0) is 9.84. The Morgan fingerprint density at radius 1 is 1.46 bits per heavy atom. The van der Waals surface area contributed by atoms with Crippen LogP contribution >= 0.6 is 22.6 Å². The van der Waals surface area contributed by atoms with Gasteiger partial charge in [-0.1, -0.05) is 19.1 Å². The molecule has 70 valence electrons. The first-order valence-corrected chi connectivity index (χ1v) is 5.19. The number of halogens is 1. The van der Waals surface area contributed by atoms with E-state index in [9.17, 15) is 9.90 Å². The minimum Gasteiger partial charge on any atom is -0.549 e. The van der Waals surface area contributed by atoms with Crippen molar-refractivity contribution in [3.63, 3.8) is 0 Å². The molecule has 1 atom stereocenters. The molecule has 0 saturated carbocycles. The van der Waals surface area contributed by atoms with Crippen LogP contribution in [-0.4, -0.2) is 5.97 Å². The number of benzene rings is 1. The Balaban J connectivity index is 2.92. The number of hydrogen-bond acceptors (Lipinski definition) is 2. The Morgan fingerprint density at radius 3 is 2.38 bits per heavy atom. The Kier molecular flexibility index (Phi) is 3.71. The van der Waals surface area contributed by atoms with Crippen molar-refractivity contribution in [3.8, 4) is 0 Å². The van der Waals surface area contributed by atoms with Gasteiger partial charge >= 0.3 is 0 Å². The third-order valence-corrected chi connectivity index (χ3v) is 2.68. The molecule has 13 heavy (non-hydrogen) atoms. The quantitative estimate of drug-likeness (QED) is 0.792. The third-order valence-electron chi connectivity index (χ3n) is 1.97. The summed E-state index contributed by atoms with van der Waals surface area (Å²) in [5, 5.41) is 10.7. The lowest BCUT2D eigenvalue weighted by atomic mass is 9.97. The standard InChI is InChI=1S/C10H11IO2/c1-2-9(10(12)13)7-3-5-8(11)6-4-7/h3-6,9H,2H2,1H3,(H,12,13)/p-1. The number of carboxylic acid groups (broad SMARTS) is 1. The third kappa shape index (κ3) is 2.69. The normalized spacial score (nSPS) is 12.5. The monoisotopic (exact) mass is 289 g/mol. The first-order chi connectivity index (χ1) is 6.15. The summed E-state index contributed by atoms with van der Waals surface area (Å²) in [5.41, 5.74) is 0.822. The Hall–Kier alpha value is -0.580. The molecular formula is C10H10IO2-. The van der Waals surface area contributed by atoms with Crippen LogP contribution in [0.3, 0.4) is 0 Å². The van der Waals surface area contributed by atoms with Crippen molar-refractivity contribution >= 4 is 28.6 Å². The zero-order valence-corrected chi connectivity index (χ0v) is 9.45. The van der Waals surface area contributed by atoms with E-state index in [1.54, 1.807) is 0 Å². The highest BCUT2D eigenvalue weighted by molar-refractivity contribution is 14.1. The predicted octanol–water partition coefficient (Wildman–Crippen LogP) is 1.53. The van der Waals surface area contributed by atoms with E-state index in [-0.39, 0.29) is 0 Å². The van der Waals surface area contributed by atoms with Crippen molar-refractivity contribution in [1.29, 1.82) is 0 Å². The fourth-order valence-electron chi connectivity index (χ4n) is 1.23. The Bertz CT molecular complexity index is 292. The van der Waals surface area contributed by atoms with Crippen LogP contribution < -0.4 is 5.11 Å². The molecule has 1 unspecified atom stereocenters. The highest BCUT2D eigenvalue weighted by atomic mass is 127. The topological polar surface area (TPSA) is 40.1 Å². The van der Waals surface area contributed by atoms with Gasteiger partial charge < -0.3 is 9.90 Å². The fraction of sp³-hybridized carbons (Fsp3) is 0.300. The van der Waals surface area contributed by atoms with Gasteiger partial charge in [-0.3, -0.25) is 0 Å². The largest absolute Gasteiger partial charge is 0.549 e. The van der Waals surface area contributed by atoms with Gasteiger partial charge in [-0.05, 0) is 46.7 Å². The second-order valence-corrected chi connectivity index (χ2v) is 4.08. The molecular weight excluding hydrogens is 279 g/mol. The minimum absolute atomic E-state index is 0.475. The highest BCUT2D eigenvalue weighted by Crippen LogP contribution is 2.19. The highest BCUT2D eigenvalue weighted by Gasteiger charge is 2.09. The van der Waals surface area contributed by atoms with E-state index in [4.69, 9.17) is 0 Å². The van der Waals surface area contributed by atoms with Gasteiger partial charge in [0.1, 0.15) is 0 Å². The molecule has 0 N–H and O–H groups in total. The fourth-order valence-corrected chi connectivity index (χ4v) is 1.59. The number of carboxylic acids is 1. The molecule has 0 aliphatic heterocycles. The Labute approximate surface area is 91.1 Å². The smallest absolute Gasteiger partial charge is 0.0489 e. The predicted molar refractivity (Wildman–Crippen MR) is 57.2 cm³/mol. The SMILES string of the molecule is CCC(C(=O)[O-])c1ccc(I)cc1. The molecule has 0 aliphatic rings. The van der Waals surface area contributed by atoms with Gasteiger partial charge in [0.05, 0.1) is 0 Å². The second-order valence-electron chi connectivity index (χ2n) is 2.83. The lowest BCUT2D eigenvalue weighted by Crippen LogP contribution is -2.29. The summed E-state index contributed by atoms with van der Waals surface area (Å²) >= 11 is 2.19. The number of aliphatic carboxylic acids is 1. The maximum absolute atomic E-state index is 10.7. The maximum Gasteiger partial charge on any atom is 0.0489 e. The molecule has 0 saturated heterocycles. The van der Waals surface area contributed by atoms with E-state index in [1.165, 1.54) is 0 Å². The van der Waals surface area contributed by atoms with Gasteiger partial charge in [0.25, 0.3) is 0 Å². The van der Waals surface area contributed by atoms with Crippen molar-refractivity contribution in [2.75, 3.05) is 0 Å². The summed E-state index contributed by atoms with van der Waals surface area (Å²) in [7, 11) is 0. The summed E-state index contributed by atoms with van der Waals surface area (Å²) in [6, 6.07) is 7.49. The molecule has 0 aliphatic carbocycles. The van der Waals surface area contributed by atoms with Gasteiger partial charge in [0.2, 0.25) is 0 Å².